The molecular weight excluding hydrogens is 154 g/mol. The van der Waals surface area contributed by atoms with Crippen LogP contribution in [-0.4, -0.2) is 17.2 Å². The Hall–Kier alpha value is -1.09. The summed E-state index contributed by atoms with van der Waals surface area (Å²) in [4.78, 5) is 4.14. The van der Waals surface area contributed by atoms with Crippen LogP contribution in [0.4, 0.5) is 0 Å². The van der Waals surface area contributed by atoms with Gasteiger partial charge in [0.1, 0.15) is 0 Å². The molecule has 1 N–H and O–H groups in total. The van der Waals surface area contributed by atoms with Crippen LogP contribution in [0.1, 0.15) is 16.8 Å². The van der Waals surface area contributed by atoms with E-state index in [9.17, 15) is 0 Å². The molecule has 0 amide bonds. The molecule has 1 rings (SSSR count). The van der Waals surface area contributed by atoms with Crippen molar-refractivity contribution in [3.63, 3.8) is 0 Å². The highest BCUT2D eigenvalue weighted by molar-refractivity contribution is 5.35. The Balaban J connectivity index is 3.24. The maximum Gasteiger partial charge on any atom is 0.219 e. The molecule has 1 heterocycles. The van der Waals surface area contributed by atoms with Crippen LogP contribution in [0.15, 0.2) is 6.07 Å². The smallest absolute Gasteiger partial charge is 0.219 e. The molecule has 66 valence electrons. The minimum Gasteiger partial charge on any atom is -0.481 e. The van der Waals surface area contributed by atoms with Gasteiger partial charge in [0.25, 0.3) is 0 Å². The summed E-state index contributed by atoms with van der Waals surface area (Å²) >= 11 is 0. The molecule has 0 spiro atoms. The first kappa shape index (κ1) is 9.00. The number of aryl methyl sites for hydroxylation is 2. The van der Waals surface area contributed by atoms with Gasteiger partial charge in [0, 0.05) is 11.3 Å². The molecule has 12 heavy (non-hydrogen) atoms. The van der Waals surface area contributed by atoms with Crippen molar-refractivity contribution in [1.29, 1.82) is 0 Å². The molecule has 0 aliphatic rings. The van der Waals surface area contributed by atoms with E-state index >= 15 is 0 Å². The zero-order valence-corrected chi connectivity index (χ0v) is 7.59. The number of ether oxygens (including phenoxy) is 1. The number of methoxy groups -OCH3 is 1. The second kappa shape index (κ2) is 3.54. The quantitative estimate of drug-likeness (QED) is 0.719. The molecule has 0 unspecified atom stereocenters. The fourth-order valence-corrected chi connectivity index (χ4v) is 1.19. The van der Waals surface area contributed by atoms with Crippen LogP contribution in [0.25, 0.3) is 0 Å². The lowest BCUT2D eigenvalue weighted by molar-refractivity contribution is 0.270. The van der Waals surface area contributed by atoms with E-state index in [1.165, 1.54) is 0 Å². The first-order valence-corrected chi connectivity index (χ1v) is 3.81. The average Bonchev–Trinajstić information content (AvgIpc) is 2.03. The molecule has 1 aromatic heterocycles. The number of rotatable bonds is 2. The topological polar surface area (TPSA) is 42.4 Å². The Labute approximate surface area is 72.0 Å². The Morgan fingerprint density at radius 2 is 2.17 bits per heavy atom. The van der Waals surface area contributed by atoms with E-state index in [1.807, 2.05) is 19.9 Å². The van der Waals surface area contributed by atoms with E-state index < -0.39 is 0 Å². The maximum absolute atomic E-state index is 9.00. The lowest BCUT2D eigenvalue weighted by atomic mass is 10.1. The van der Waals surface area contributed by atoms with Gasteiger partial charge in [-0.2, -0.15) is 0 Å². The number of hydrogen-bond donors (Lipinski definition) is 1. The van der Waals surface area contributed by atoms with Crippen molar-refractivity contribution in [2.45, 2.75) is 20.5 Å². The molecular formula is C9H13NO2. The highest BCUT2D eigenvalue weighted by Gasteiger charge is 2.06. The molecule has 0 aliphatic heterocycles. The zero-order chi connectivity index (χ0) is 9.14. The van der Waals surface area contributed by atoms with E-state index in [1.54, 1.807) is 7.11 Å². The number of nitrogens with zero attached hydrogens (tertiary/aromatic N) is 1. The van der Waals surface area contributed by atoms with Gasteiger partial charge in [-0.05, 0) is 25.5 Å². The summed E-state index contributed by atoms with van der Waals surface area (Å²) < 4.78 is 5.03. The third-order valence-corrected chi connectivity index (χ3v) is 1.79. The van der Waals surface area contributed by atoms with Gasteiger partial charge < -0.3 is 9.84 Å². The number of aliphatic hydroxyl groups is 1. The second-order valence-corrected chi connectivity index (χ2v) is 2.73. The van der Waals surface area contributed by atoms with Crippen molar-refractivity contribution in [1.82, 2.24) is 4.98 Å². The minimum atomic E-state index is -0.0255. The third-order valence-electron chi connectivity index (χ3n) is 1.79. The minimum absolute atomic E-state index is 0.0255. The van der Waals surface area contributed by atoms with Gasteiger partial charge in [0.05, 0.1) is 13.7 Å². The summed E-state index contributed by atoms with van der Waals surface area (Å²) in [5.41, 5.74) is 2.69. The largest absolute Gasteiger partial charge is 0.481 e. The van der Waals surface area contributed by atoms with Gasteiger partial charge in [-0.3, -0.25) is 0 Å². The predicted molar refractivity (Wildman–Crippen MR) is 46.2 cm³/mol. The van der Waals surface area contributed by atoms with Gasteiger partial charge >= 0.3 is 0 Å². The van der Waals surface area contributed by atoms with Crippen molar-refractivity contribution in [3.8, 4) is 5.88 Å². The van der Waals surface area contributed by atoms with Gasteiger partial charge in [0.15, 0.2) is 0 Å². The van der Waals surface area contributed by atoms with Crippen molar-refractivity contribution in [2.24, 2.45) is 0 Å². The summed E-state index contributed by atoms with van der Waals surface area (Å²) in [7, 11) is 1.56. The molecule has 0 saturated carbocycles. The molecule has 0 aromatic carbocycles. The number of aromatic nitrogens is 1. The van der Waals surface area contributed by atoms with E-state index in [0.717, 1.165) is 16.8 Å². The Morgan fingerprint density at radius 1 is 1.50 bits per heavy atom. The SMILES string of the molecule is COc1nc(C)cc(C)c1CO. The monoisotopic (exact) mass is 167 g/mol. The van der Waals surface area contributed by atoms with Crippen LogP contribution >= 0.6 is 0 Å². The van der Waals surface area contributed by atoms with E-state index in [0.29, 0.717) is 5.88 Å². The Bertz CT molecular complexity index is 284. The molecule has 3 heteroatoms. The summed E-state index contributed by atoms with van der Waals surface area (Å²) in [5.74, 6) is 0.523. The summed E-state index contributed by atoms with van der Waals surface area (Å²) in [6.07, 6.45) is 0. The number of hydrogen-bond acceptors (Lipinski definition) is 3. The summed E-state index contributed by atoms with van der Waals surface area (Å²) in [6, 6.07) is 1.92. The second-order valence-electron chi connectivity index (χ2n) is 2.73. The zero-order valence-electron chi connectivity index (χ0n) is 7.59. The van der Waals surface area contributed by atoms with Crippen molar-refractivity contribution >= 4 is 0 Å². The highest BCUT2D eigenvalue weighted by atomic mass is 16.5. The molecule has 0 fully saturated rings. The van der Waals surface area contributed by atoms with Crippen LogP contribution in [0.2, 0.25) is 0 Å². The maximum atomic E-state index is 9.00. The lowest BCUT2D eigenvalue weighted by Gasteiger charge is -2.08. The van der Waals surface area contributed by atoms with Gasteiger partial charge in [-0.1, -0.05) is 0 Å². The van der Waals surface area contributed by atoms with Gasteiger partial charge in [0.2, 0.25) is 5.88 Å². The van der Waals surface area contributed by atoms with Crippen molar-refractivity contribution in [3.05, 3.63) is 22.9 Å². The molecule has 1 aromatic rings. The van der Waals surface area contributed by atoms with Crippen molar-refractivity contribution < 1.29 is 9.84 Å². The van der Waals surface area contributed by atoms with E-state index in [2.05, 4.69) is 4.98 Å². The highest BCUT2D eigenvalue weighted by Crippen LogP contribution is 2.19. The molecule has 0 aliphatic carbocycles. The fraction of sp³-hybridized carbons (Fsp3) is 0.444. The van der Waals surface area contributed by atoms with Crippen LogP contribution in [0.5, 0.6) is 5.88 Å². The van der Waals surface area contributed by atoms with E-state index in [4.69, 9.17) is 9.84 Å². The lowest BCUT2D eigenvalue weighted by Crippen LogP contribution is -1.99. The Morgan fingerprint density at radius 3 is 2.67 bits per heavy atom. The van der Waals surface area contributed by atoms with Crippen LogP contribution in [0, 0.1) is 13.8 Å². The standard InChI is InChI=1S/C9H13NO2/c1-6-4-7(2)10-9(12-3)8(6)5-11/h4,11H,5H2,1-3H3. The van der Waals surface area contributed by atoms with Crippen molar-refractivity contribution in [2.75, 3.05) is 7.11 Å². The first-order valence-electron chi connectivity index (χ1n) is 3.81. The molecule has 0 radical (unpaired) electrons. The number of aliphatic hydroxyl groups excluding tert-OH is 1. The number of pyridine rings is 1. The molecule has 0 atom stereocenters. The van der Waals surface area contributed by atoms with Gasteiger partial charge in [-0.25, -0.2) is 4.98 Å². The van der Waals surface area contributed by atoms with E-state index in [-0.39, 0.29) is 6.61 Å². The van der Waals surface area contributed by atoms with Gasteiger partial charge in [-0.15, -0.1) is 0 Å². The summed E-state index contributed by atoms with van der Waals surface area (Å²) in [6.45, 7) is 3.81. The molecule has 0 bridgehead atoms. The van der Waals surface area contributed by atoms with Crippen LogP contribution < -0.4 is 4.74 Å². The third kappa shape index (κ3) is 1.56. The molecule has 0 saturated heterocycles. The Kier molecular flexibility index (Phi) is 2.65. The van der Waals surface area contributed by atoms with Crippen LogP contribution in [0.3, 0.4) is 0 Å². The normalized spacial score (nSPS) is 10.0. The fourth-order valence-electron chi connectivity index (χ4n) is 1.19. The predicted octanol–water partition coefficient (Wildman–Crippen LogP) is 1.20. The first-order chi connectivity index (χ1) is 5.69. The van der Waals surface area contributed by atoms with Crippen LogP contribution in [-0.2, 0) is 6.61 Å². The molecule has 3 nitrogen and oxygen atoms in total. The summed E-state index contributed by atoms with van der Waals surface area (Å²) in [5, 5.41) is 9.00. The average molecular weight is 167 g/mol.